The summed E-state index contributed by atoms with van der Waals surface area (Å²) in [6.45, 7) is 7.62. The fourth-order valence-electron chi connectivity index (χ4n) is 1.81. The number of thiophene rings is 1. The van der Waals surface area contributed by atoms with Crippen LogP contribution < -0.4 is 5.32 Å². The highest BCUT2D eigenvalue weighted by molar-refractivity contribution is 7.11. The molecule has 0 aliphatic heterocycles. The van der Waals surface area contributed by atoms with E-state index in [9.17, 15) is 9.59 Å². The molecule has 0 fully saturated rings. The van der Waals surface area contributed by atoms with Gasteiger partial charge < -0.3 is 10.1 Å². The molecule has 112 valence electrons. The number of amides is 1. The first-order valence-electron chi connectivity index (χ1n) is 6.45. The van der Waals surface area contributed by atoms with E-state index in [-0.39, 0.29) is 12.5 Å². The average Bonchev–Trinajstić information content (AvgIpc) is 2.95. The van der Waals surface area contributed by atoms with E-state index >= 15 is 0 Å². The third-order valence-electron chi connectivity index (χ3n) is 3.10. The highest BCUT2D eigenvalue weighted by Gasteiger charge is 2.22. The minimum Gasteiger partial charge on any atom is -0.462 e. The number of hydrogen-bond acceptors (Lipinski definition) is 6. The van der Waals surface area contributed by atoms with Crippen LogP contribution in [0, 0.1) is 20.8 Å². The Bertz CT molecular complexity index is 688. The van der Waals surface area contributed by atoms with Crippen LogP contribution in [0.1, 0.15) is 43.8 Å². The number of aromatic nitrogens is 1. The SMILES string of the molecule is CCOC(=O)c1c(C)nsc1NC(=O)c1csc(C)c1C. The van der Waals surface area contributed by atoms with Gasteiger partial charge >= 0.3 is 5.97 Å². The molecule has 21 heavy (non-hydrogen) atoms. The molecule has 0 aliphatic rings. The lowest BCUT2D eigenvalue weighted by Crippen LogP contribution is -2.15. The summed E-state index contributed by atoms with van der Waals surface area (Å²) in [4.78, 5) is 25.3. The third-order valence-corrected chi connectivity index (χ3v) is 4.97. The zero-order valence-corrected chi connectivity index (χ0v) is 13.9. The number of nitrogens with zero attached hydrogens (tertiary/aromatic N) is 1. The normalized spacial score (nSPS) is 10.5. The Labute approximate surface area is 131 Å². The zero-order chi connectivity index (χ0) is 15.6. The lowest BCUT2D eigenvalue weighted by molar-refractivity contribution is 0.0527. The molecular weight excluding hydrogens is 308 g/mol. The molecule has 0 aliphatic carbocycles. The second-order valence-corrected chi connectivity index (χ2v) is 6.33. The second-order valence-electron chi connectivity index (χ2n) is 4.48. The van der Waals surface area contributed by atoms with Crippen LogP contribution in [-0.2, 0) is 4.74 Å². The molecule has 1 amide bonds. The topological polar surface area (TPSA) is 68.3 Å². The smallest absolute Gasteiger partial charge is 0.343 e. The highest BCUT2D eigenvalue weighted by Crippen LogP contribution is 2.27. The van der Waals surface area contributed by atoms with E-state index in [1.807, 2.05) is 19.2 Å². The van der Waals surface area contributed by atoms with Crippen LogP contribution in [0.5, 0.6) is 0 Å². The van der Waals surface area contributed by atoms with Crippen molar-refractivity contribution in [1.29, 1.82) is 0 Å². The number of nitrogens with one attached hydrogen (secondary N) is 1. The predicted octanol–water partition coefficient (Wildman–Crippen LogP) is 3.56. The predicted molar refractivity (Wildman–Crippen MR) is 84.6 cm³/mol. The molecule has 0 atom stereocenters. The van der Waals surface area contributed by atoms with Gasteiger partial charge in [-0.05, 0) is 44.8 Å². The Morgan fingerprint density at radius 1 is 1.33 bits per heavy atom. The maximum Gasteiger partial charge on any atom is 0.343 e. The molecule has 0 bridgehead atoms. The van der Waals surface area contributed by atoms with Crippen molar-refractivity contribution in [2.24, 2.45) is 0 Å². The van der Waals surface area contributed by atoms with Crippen LogP contribution in [-0.4, -0.2) is 22.9 Å². The molecule has 0 saturated carbocycles. The number of esters is 1. The van der Waals surface area contributed by atoms with E-state index < -0.39 is 5.97 Å². The second kappa shape index (κ2) is 6.36. The summed E-state index contributed by atoms with van der Waals surface area (Å²) in [6.07, 6.45) is 0. The molecule has 0 saturated heterocycles. The van der Waals surface area contributed by atoms with Crippen LogP contribution in [0.2, 0.25) is 0 Å². The standard InChI is InChI=1S/C14H16N2O3S2/c1-5-19-14(18)11-8(3)16-21-13(11)15-12(17)10-6-20-9(4)7(10)2/h6H,5H2,1-4H3,(H,15,17). The van der Waals surface area contributed by atoms with Crippen LogP contribution in [0.3, 0.4) is 0 Å². The summed E-state index contributed by atoms with van der Waals surface area (Å²) < 4.78 is 9.12. The number of aryl methyl sites for hydroxylation is 2. The number of anilines is 1. The van der Waals surface area contributed by atoms with E-state index in [1.165, 1.54) is 11.3 Å². The van der Waals surface area contributed by atoms with Crippen molar-refractivity contribution in [2.45, 2.75) is 27.7 Å². The van der Waals surface area contributed by atoms with Gasteiger partial charge in [0, 0.05) is 10.3 Å². The van der Waals surface area contributed by atoms with Crippen molar-refractivity contribution < 1.29 is 14.3 Å². The van der Waals surface area contributed by atoms with Gasteiger partial charge in [-0.1, -0.05) is 0 Å². The van der Waals surface area contributed by atoms with E-state index in [0.29, 0.717) is 21.8 Å². The fraction of sp³-hybridized carbons (Fsp3) is 0.357. The van der Waals surface area contributed by atoms with E-state index in [1.54, 1.807) is 13.8 Å². The minimum atomic E-state index is -0.461. The van der Waals surface area contributed by atoms with Crippen molar-refractivity contribution in [3.05, 3.63) is 32.6 Å². The van der Waals surface area contributed by atoms with Gasteiger partial charge in [-0.15, -0.1) is 11.3 Å². The molecule has 0 spiro atoms. The van der Waals surface area contributed by atoms with Gasteiger partial charge in [0.2, 0.25) is 0 Å². The number of carbonyl (C=O) groups excluding carboxylic acids is 2. The maximum atomic E-state index is 12.3. The Kier molecular flexibility index (Phi) is 4.74. The van der Waals surface area contributed by atoms with Gasteiger partial charge in [-0.3, -0.25) is 4.79 Å². The van der Waals surface area contributed by atoms with E-state index in [2.05, 4.69) is 9.69 Å². The van der Waals surface area contributed by atoms with Gasteiger partial charge in [0.15, 0.2) is 0 Å². The number of hydrogen-bond donors (Lipinski definition) is 1. The lowest BCUT2D eigenvalue weighted by atomic mass is 10.1. The van der Waals surface area contributed by atoms with Gasteiger partial charge in [-0.2, -0.15) is 4.37 Å². The molecule has 2 heterocycles. The first kappa shape index (κ1) is 15.7. The van der Waals surface area contributed by atoms with E-state index in [0.717, 1.165) is 22.0 Å². The summed E-state index contributed by atoms with van der Waals surface area (Å²) >= 11 is 2.62. The summed E-state index contributed by atoms with van der Waals surface area (Å²) in [6, 6.07) is 0. The molecule has 0 unspecified atom stereocenters. The molecule has 2 aromatic heterocycles. The highest BCUT2D eigenvalue weighted by atomic mass is 32.1. The lowest BCUT2D eigenvalue weighted by Gasteiger charge is -2.06. The van der Waals surface area contributed by atoms with Crippen molar-refractivity contribution in [2.75, 3.05) is 11.9 Å². The van der Waals surface area contributed by atoms with E-state index in [4.69, 9.17) is 4.74 Å². The minimum absolute atomic E-state index is 0.231. The van der Waals surface area contributed by atoms with Crippen molar-refractivity contribution in [3.63, 3.8) is 0 Å². The Balaban J connectivity index is 2.26. The van der Waals surface area contributed by atoms with Gasteiger partial charge in [0.1, 0.15) is 10.6 Å². The molecule has 5 nitrogen and oxygen atoms in total. The summed E-state index contributed by atoms with van der Waals surface area (Å²) in [7, 11) is 0. The molecule has 0 radical (unpaired) electrons. The molecule has 1 N–H and O–H groups in total. The Morgan fingerprint density at radius 3 is 2.62 bits per heavy atom. The van der Waals surface area contributed by atoms with Gasteiger partial charge in [0.25, 0.3) is 5.91 Å². The number of carbonyl (C=O) groups is 2. The molecule has 7 heteroatoms. The first-order valence-corrected chi connectivity index (χ1v) is 8.10. The van der Waals surface area contributed by atoms with Crippen LogP contribution in [0.25, 0.3) is 0 Å². The molecular formula is C14H16N2O3S2. The number of rotatable bonds is 4. The quantitative estimate of drug-likeness (QED) is 0.873. The monoisotopic (exact) mass is 324 g/mol. The third kappa shape index (κ3) is 3.14. The summed E-state index contributed by atoms with van der Waals surface area (Å²) in [5, 5.41) is 5.01. The molecule has 2 rings (SSSR count). The van der Waals surface area contributed by atoms with Crippen LogP contribution in [0.4, 0.5) is 5.00 Å². The van der Waals surface area contributed by atoms with Gasteiger partial charge in [0.05, 0.1) is 17.9 Å². The van der Waals surface area contributed by atoms with Crippen LogP contribution in [0.15, 0.2) is 5.38 Å². The first-order chi connectivity index (χ1) is 9.95. The maximum absolute atomic E-state index is 12.3. The molecule has 2 aromatic rings. The Morgan fingerprint density at radius 2 is 2.05 bits per heavy atom. The molecule has 0 aromatic carbocycles. The van der Waals surface area contributed by atoms with Crippen molar-refractivity contribution >= 4 is 39.7 Å². The van der Waals surface area contributed by atoms with Crippen molar-refractivity contribution in [3.8, 4) is 0 Å². The van der Waals surface area contributed by atoms with Crippen molar-refractivity contribution in [1.82, 2.24) is 4.37 Å². The van der Waals surface area contributed by atoms with Gasteiger partial charge in [-0.25, -0.2) is 4.79 Å². The Hall–Kier alpha value is -1.73. The largest absolute Gasteiger partial charge is 0.462 e. The van der Waals surface area contributed by atoms with Crippen LogP contribution >= 0.6 is 22.9 Å². The summed E-state index contributed by atoms with van der Waals surface area (Å²) in [5.41, 5.74) is 2.47. The fourth-order valence-corrected chi connectivity index (χ4v) is 3.45. The number of ether oxygens (including phenoxy) is 1. The zero-order valence-electron chi connectivity index (χ0n) is 12.3. The average molecular weight is 324 g/mol. The summed E-state index contributed by atoms with van der Waals surface area (Å²) in [5.74, 6) is -0.691.